The van der Waals surface area contributed by atoms with Gasteiger partial charge in [-0.25, -0.2) is 21.9 Å². The smallest absolute Gasteiger partial charge is 0.338 e. The quantitative estimate of drug-likeness (QED) is 0.787. The standard InChI is InChI=1S/C16H12FNO5S/c17-12-5-3-4-11(10-12)16(20)23-9-8-18-15(19)13-6-1-2-7-14(13)24(18,21)22/h1-7,10H,8-9H2. The van der Waals surface area contributed by atoms with E-state index in [1.54, 1.807) is 6.07 Å². The van der Waals surface area contributed by atoms with Gasteiger partial charge in [0.1, 0.15) is 17.3 Å². The predicted octanol–water partition coefficient (Wildman–Crippen LogP) is 1.83. The van der Waals surface area contributed by atoms with E-state index in [-0.39, 0.29) is 29.2 Å². The van der Waals surface area contributed by atoms with Gasteiger partial charge in [0.25, 0.3) is 15.9 Å². The molecular weight excluding hydrogens is 337 g/mol. The summed E-state index contributed by atoms with van der Waals surface area (Å²) in [5.41, 5.74) is 0.0999. The number of amides is 1. The summed E-state index contributed by atoms with van der Waals surface area (Å²) >= 11 is 0. The SMILES string of the molecule is O=C(OCCN1C(=O)c2ccccc2S1(=O)=O)c1cccc(F)c1. The summed E-state index contributed by atoms with van der Waals surface area (Å²) in [7, 11) is -3.93. The zero-order valence-corrected chi connectivity index (χ0v) is 13.1. The molecule has 0 saturated heterocycles. The van der Waals surface area contributed by atoms with Gasteiger partial charge in [0, 0.05) is 0 Å². The largest absolute Gasteiger partial charge is 0.460 e. The number of fused-ring (bicyclic) bond motifs is 1. The fraction of sp³-hybridized carbons (Fsp3) is 0.125. The Morgan fingerprint density at radius 1 is 1.12 bits per heavy atom. The van der Waals surface area contributed by atoms with Crippen LogP contribution in [-0.4, -0.2) is 37.8 Å². The molecule has 0 aliphatic carbocycles. The lowest BCUT2D eigenvalue weighted by atomic mass is 10.2. The Bertz CT molecular complexity index is 926. The van der Waals surface area contributed by atoms with Gasteiger partial charge in [-0.1, -0.05) is 18.2 Å². The van der Waals surface area contributed by atoms with Crippen LogP contribution in [0, 0.1) is 5.82 Å². The van der Waals surface area contributed by atoms with E-state index in [4.69, 9.17) is 4.74 Å². The lowest BCUT2D eigenvalue weighted by molar-refractivity contribution is 0.0477. The fourth-order valence-electron chi connectivity index (χ4n) is 2.37. The third-order valence-electron chi connectivity index (χ3n) is 3.50. The van der Waals surface area contributed by atoms with Crippen LogP contribution in [0.15, 0.2) is 53.4 Å². The molecule has 3 rings (SSSR count). The monoisotopic (exact) mass is 349 g/mol. The minimum atomic E-state index is -3.93. The number of benzene rings is 2. The molecule has 24 heavy (non-hydrogen) atoms. The van der Waals surface area contributed by atoms with Crippen molar-refractivity contribution in [2.75, 3.05) is 13.2 Å². The molecule has 0 aromatic heterocycles. The molecule has 1 heterocycles. The Hall–Kier alpha value is -2.74. The minimum absolute atomic E-state index is 0.00823. The lowest BCUT2D eigenvalue weighted by Gasteiger charge is -2.15. The third kappa shape index (κ3) is 2.76. The van der Waals surface area contributed by atoms with Gasteiger partial charge in [0.15, 0.2) is 0 Å². The third-order valence-corrected chi connectivity index (χ3v) is 5.34. The molecule has 1 amide bonds. The maximum Gasteiger partial charge on any atom is 0.338 e. The van der Waals surface area contributed by atoms with Crippen molar-refractivity contribution in [3.63, 3.8) is 0 Å². The number of nitrogens with zero attached hydrogens (tertiary/aromatic N) is 1. The first-order chi connectivity index (χ1) is 11.4. The Balaban J connectivity index is 1.68. The molecule has 1 aliphatic heterocycles. The van der Waals surface area contributed by atoms with Gasteiger partial charge >= 0.3 is 5.97 Å². The van der Waals surface area contributed by atoms with E-state index >= 15 is 0 Å². The van der Waals surface area contributed by atoms with E-state index in [0.29, 0.717) is 4.31 Å². The fourth-order valence-corrected chi connectivity index (χ4v) is 3.93. The van der Waals surface area contributed by atoms with Crippen LogP contribution in [0.4, 0.5) is 4.39 Å². The molecule has 6 nitrogen and oxygen atoms in total. The highest BCUT2D eigenvalue weighted by molar-refractivity contribution is 7.90. The van der Waals surface area contributed by atoms with E-state index in [2.05, 4.69) is 0 Å². The molecular formula is C16H12FNO5S. The molecule has 2 aromatic carbocycles. The maximum absolute atomic E-state index is 13.1. The molecule has 8 heteroatoms. The normalized spacial score (nSPS) is 15.2. The average Bonchev–Trinajstić information content (AvgIpc) is 2.76. The van der Waals surface area contributed by atoms with Gasteiger partial charge in [-0.15, -0.1) is 0 Å². The zero-order valence-electron chi connectivity index (χ0n) is 12.3. The van der Waals surface area contributed by atoms with E-state index < -0.39 is 27.7 Å². The molecule has 0 radical (unpaired) electrons. The van der Waals surface area contributed by atoms with Crippen LogP contribution in [0.1, 0.15) is 20.7 Å². The van der Waals surface area contributed by atoms with Crippen LogP contribution < -0.4 is 0 Å². The first kappa shape index (κ1) is 16.1. The van der Waals surface area contributed by atoms with Crippen LogP contribution in [0.5, 0.6) is 0 Å². The molecule has 0 saturated carbocycles. The van der Waals surface area contributed by atoms with Crippen LogP contribution in [0.2, 0.25) is 0 Å². The molecule has 0 atom stereocenters. The number of hydrogen-bond acceptors (Lipinski definition) is 5. The number of sulfonamides is 1. The van der Waals surface area contributed by atoms with Gasteiger partial charge < -0.3 is 4.74 Å². The summed E-state index contributed by atoms with van der Waals surface area (Å²) in [5.74, 6) is -2.04. The van der Waals surface area contributed by atoms with Crippen molar-refractivity contribution in [1.82, 2.24) is 4.31 Å². The van der Waals surface area contributed by atoms with E-state index in [1.165, 1.54) is 36.4 Å². The second-order valence-electron chi connectivity index (χ2n) is 5.02. The highest BCUT2D eigenvalue weighted by Gasteiger charge is 2.40. The van der Waals surface area contributed by atoms with Gasteiger partial charge in [-0.3, -0.25) is 4.79 Å². The molecule has 0 spiro atoms. The van der Waals surface area contributed by atoms with Crippen molar-refractivity contribution < 1.29 is 27.1 Å². The van der Waals surface area contributed by atoms with E-state index in [9.17, 15) is 22.4 Å². The molecule has 0 bridgehead atoms. The van der Waals surface area contributed by atoms with Crippen molar-refractivity contribution in [2.24, 2.45) is 0 Å². The van der Waals surface area contributed by atoms with E-state index in [0.717, 1.165) is 6.07 Å². The number of rotatable bonds is 4. The summed E-state index contributed by atoms with van der Waals surface area (Å²) in [4.78, 5) is 23.9. The number of carbonyl (C=O) groups is 2. The summed E-state index contributed by atoms with van der Waals surface area (Å²) in [6, 6.07) is 10.8. The van der Waals surface area contributed by atoms with Crippen LogP contribution in [0.3, 0.4) is 0 Å². The van der Waals surface area contributed by atoms with Gasteiger partial charge in [0.2, 0.25) is 0 Å². The highest BCUT2D eigenvalue weighted by atomic mass is 32.2. The van der Waals surface area contributed by atoms with Crippen molar-refractivity contribution in [1.29, 1.82) is 0 Å². The number of carbonyl (C=O) groups excluding carboxylic acids is 2. The van der Waals surface area contributed by atoms with Crippen LogP contribution >= 0.6 is 0 Å². The van der Waals surface area contributed by atoms with Crippen LogP contribution in [-0.2, 0) is 14.8 Å². The molecule has 0 unspecified atom stereocenters. The predicted molar refractivity (Wildman–Crippen MR) is 81.3 cm³/mol. The lowest BCUT2D eigenvalue weighted by Crippen LogP contribution is -2.33. The van der Waals surface area contributed by atoms with Gasteiger partial charge in [0.05, 0.1) is 17.7 Å². The molecule has 0 N–H and O–H groups in total. The Morgan fingerprint density at radius 2 is 1.88 bits per heavy atom. The summed E-state index contributed by atoms with van der Waals surface area (Å²) in [6.45, 7) is -0.634. The number of halogens is 1. The summed E-state index contributed by atoms with van der Waals surface area (Å²) in [5, 5.41) is 0. The van der Waals surface area contributed by atoms with Gasteiger partial charge in [-0.05, 0) is 30.3 Å². The molecule has 124 valence electrons. The minimum Gasteiger partial charge on any atom is -0.460 e. The Labute approximate surface area is 137 Å². The van der Waals surface area contributed by atoms with Gasteiger partial charge in [-0.2, -0.15) is 0 Å². The second-order valence-corrected chi connectivity index (χ2v) is 6.86. The topological polar surface area (TPSA) is 80.8 Å². The van der Waals surface area contributed by atoms with Crippen molar-refractivity contribution in [2.45, 2.75) is 4.90 Å². The summed E-state index contributed by atoms with van der Waals surface area (Å²) in [6.07, 6.45) is 0. The second kappa shape index (κ2) is 6.04. The Morgan fingerprint density at radius 3 is 2.58 bits per heavy atom. The first-order valence-electron chi connectivity index (χ1n) is 7.00. The Kier molecular flexibility index (Phi) is 4.06. The molecule has 2 aromatic rings. The molecule has 1 aliphatic rings. The van der Waals surface area contributed by atoms with Crippen molar-refractivity contribution in [3.05, 3.63) is 65.5 Å². The summed E-state index contributed by atoms with van der Waals surface area (Å²) < 4.78 is 43.2. The van der Waals surface area contributed by atoms with Crippen molar-refractivity contribution >= 4 is 21.9 Å². The maximum atomic E-state index is 13.1. The first-order valence-corrected chi connectivity index (χ1v) is 8.44. The zero-order chi connectivity index (χ0) is 17.3. The van der Waals surface area contributed by atoms with E-state index in [1.807, 2.05) is 0 Å². The average molecular weight is 349 g/mol. The van der Waals surface area contributed by atoms with Crippen LogP contribution in [0.25, 0.3) is 0 Å². The molecule has 0 fully saturated rings. The number of esters is 1. The number of hydrogen-bond donors (Lipinski definition) is 0. The highest BCUT2D eigenvalue weighted by Crippen LogP contribution is 2.29. The number of ether oxygens (including phenoxy) is 1. The van der Waals surface area contributed by atoms with Crippen molar-refractivity contribution in [3.8, 4) is 0 Å².